The summed E-state index contributed by atoms with van der Waals surface area (Å²) in [5.41, 5.74) is 1.80. The largest absolute Gasteiger partial charge is 0.246 e. The highest BCUT2D eigenvalue weighted by molar-refractivity contribution is 7.14. The van der Waals surface area contributed by atoms with E-state index >= 15 is 0 Å². The summed E-state index contributed by atoms with van der Waals surface area (Å²) in [6.07, 6.45) is 3.12. The molecule has 1 heterocycles. The van der Waals surface area contributed by atoms with Crippen LogP contribution in [0.2, 0.25) is 4.34 Å². The first-order chi connectivity index (χ1) is 5.79. The minimum Gasteiger partial charge on any atom is -0.246 e. The first kappa shape index (κ1) is 10.0. The summed E-state index contributed by atoms with van der Waals surface area (Å²) >= 11 is 7.34. The molecule has 0 bridgehead atoms. The van der Waals surface area contributed by atoms with Crippen LogP contribution < -0.4 is 0 Å². The molecule has 0 nitrogen and oxygen atoms in total. The molecule has 68 valence electrons. The number of alkyl halides is 1. The molecule has 0 N–H and O–H groups in total. The Labute approximate surface area is 81.4 Å². The molecule has 0 unspecified atom stereocenters. The molecule has 1 aromatic heterocycles. The standard InChI is InChI=1S/C9H12ClFS/c1-2-3-4-8-7(5-11)6-12-9(8)10/h6H,2-5H2,1H3. The summed E-state index contributed by atoms with van der Waals surface area (Å²) < 4.78 is 13.1. The molecule has 0 saturated carbocycles. The summed E-state index contributed by atoms with van der Waals surface area (Å²) in [5.74, 6) is 0. The highest BCUT2D eigenvalue weighted by atomic mass is 35.5. The van der Waals surface area contributed by atoms with Crippen LogP contribution >= 0.6 is 22.9 Å². The van der Waals surface area contributed by atoms with Crippen LogP contribution in [-0.4, -0.2) is 0 Å². The van der Waals surface area contributed by atoms with Gasteiger partial charge in [-0.1, -0.05) is 24.9 Å². The summed E-state index contributed by atoms with van der Waals surface area (Å²) in [6.45, 7) is 1.73. The predicted molar refractivity (Wildman–Crippen MR) is 52.8 cm³/mol. The van der Waals surface area contributed by atoms with Crippen molar-refractivity contribution in [1.29, 1.82) is 0 Å². The normalized spacial score (nSPS) is 10.6. The predicted octanol–water partition coefficient (Wildman–Crippen LogP) is 4.21. The number of unbranched alkanes of at least 4 members (excludes halogenated alkanes) is 1. The Morgan fingerprint density at radius 3 is 2.92 bits per heavy atom. The van der Waals surface area contributed by atoms with Crippen molar-refractivity contribution < 1.29 is 4.39 Å². The number of hydrogen-bond donors (Lipinski definition) is 0. The van der Waals surface area contributed by atoms with Gasteiger partial charge in [0.25, 0.3) is 0 Å². The van der Waals surface area contributed by atoms with E-state index in [0.29, 0.717) is 0 Å². The van der Waals surface area contributed by atoms with E-state index in [-0.39, 0.29) is 6.67 Å². The Kier molecular flexibility index (Phi) is 4.02. The van der Waals surface area contributed by atoms with Gasteiger partial charge in [0.15, 0.2) is 0 Å². The van der Waals surface area contributed by atoms with Crippen molar-refractivity contribution in [3.8, 4) is 0 Å². The average molecular weight is 207 g/mol. The van der Waals surface area contributed by atoms with Gasteiger partial charge in [0.1, 0.15) is 6.67 Å². The number of hydrogen-bond acceptors (Lipinski definition) is 1. The zero-order chi connectivity index (χ0) is 8.97. The van der Waals surface area contributed by atoms with Crippen LogP contribution in [0.4, 0.5) is 4.39 Å². The molecule has 0 saturated heterocycles. The summed E-state index contributed by atoms with van der Waals surface area (Å²) in [4.78, 5) is 0. The van der Waals surface area contributed by atoms with Crippen LogP contribution in [0, 0.1) is 0 Å². The third-order valence-electron chi connectivity index (χ3n) is 1.85. The molecule has 1 aromatic rings. The van der Waals surface area contributed by atoms with Crippen molar-refractivity contribution in [2.24, 2.45) is 0 Å². The Balaban J connectivity index is 2.72. The first-order valence-electron chi connectivity index (χ1n) is 4.10. The maximum atomic E-state index is 12.4. The molecule has 0 fully saturated rings. The minimum absolute atomic E-state index is 0.387. The lowest BCUT2D eigenvalue weighted by Gasteiger charge is -1.99. The van der Waals surface area contributed by atoms with E-state index in [1.54, 1.807) is 0 Å². The number of halogens is 2. The molecule has 3 heteroatoms. The molecule has 0 radical (unpaired) electrons. The summed E-state index contributed by atoms with van der Waals surface area (Å²) in [5, 5.41) is 1.81. The van der Waals surface area contributed by atoms with E-state index in [2.05, 4.69) is 6.92 Å². The zero-order valence-corrected chi connectivity index (χ0v) is 8.64. The number of rotatable bonds is 4. The van der Waals surface area contributed by atoms with Crippen molar-refractivity contribution >= 4 is 22.9 Å². The van der Waals surface area contributed by atoms with E-state index in [0.717, 1.165) is 34.7 Å². The second-order valence-electron chi connectivity index (χ2n) is 2.75. The highest BCUT2D eigenvalue weighted by Gasteiger charge is 2.08. The van der Waals surface area contributed by atoms with Crippen molar-refractivity contribution in [1.82, 2.24) is 0 Å². The molecule has 0 aliphatic carbocycles. The van der Waals surface area contributed by atoms with Gasteiger partial charge in [0.05, 0.1) is 4.34 Å². The number of thiophene rings is 1. The van der Waals surface area contributed by atoms with E-state index in [1.807, 2.05) is 5.38 Å². The third kappa shape index (κ3) is 2.20. The second-order valence-corrected chi connectivity index (χ2v) is 4.23. The van der Waals surface area contributed by atoms with E-state index in [1.165, 1.54) is 11.3 Å². The van der Waals surface area contributed by atoms with Gasteiger partial charge < -0.3 is 0 Å². The first-order valence-corrected chi connectivity index (χ1v) is 5.36. The molecular weight excluding hydrogens is 195 g/mol. The van der Waals surface area contributed by atoms with Crippen LogP contribution in [0.1, 0.15) is 30.9 Å². The lowest BCUT2D eigenvalue weighted by atomic mass is 10.1. The maximum Gasteiger partial charge on any atom is 0.116 e. The molecule has 0 spiro atoms. The smallest absolute Gasteiger partial charge is 0.116 e. The molecule has 1 rings (SSSR count). The second kappa shape index (κ2) is 4.83. The fourth-order valence-corrected chi connectivity index (χ4v) is 2.29. The van der Waals surface area contributed by atoms with Gasteiger partial charge in [-0.15, -0.1) is 11.3 Å². The Morgan fingerprint density at radius 1 is 1.58 bits per heavy atom. The lowest BCUT2D eigenvalue weighted by molar-refractivity contribution is 0.483. The van der Waals surface area contributed by atoms with E-state index < -0.39 is 0 Å². The average Bonchev–Trinajstić information content (AvgIpc) is 2.43. The van der Waals surface area contributed by atoms with Crippen LogP contribution in [0.5, 0.6) is 0 Å². The Bertz CT molecular complexity index is 245. The van der Waals surface area contributed by atoms with Gasteiger partial charge in [-0.05, 0) is 29.3 Å². The van der Waals surface area contributed by atoms with Gasteiger partial charge in [-0.3, -0.25) is 0 Å². The fraction of sp³-hybridized carbons (Fsp3) is 0.556. The van der Waals surface area contributed by atoms with Crippen LogP contribution in [0.3, 0.4) is 0 Å². The summed E-state index contributed by atoms with van der Waals surface area (Å²) in [6, 6.07) is 0. The molecule has 0 amide bonds. The maximum absolute atomic E-state index is 12.4. The lowest BCUT2D eigenvalue weighted by Crippen LogP contribution is -1.87. The topological polar surface area (TPSA) is 0 Å². The van der Waals surface area contributed by atoms with Gasteiger partial charge in [0, 0.05) is 0 Å². The van der Waals surface area contributed by atoms with E-state index in [9.17, 15) is 4.39 Å². The molecule has 0 aromatic carbocycles. The third-order valence-corrected chi connectivity index (χ3v) is 3.20. The van der Waals surface area contributed by atoms with E-state index in [4.69, 9.17) is 11.6 Å². The minimum atomic E-state index is -0.387. The molecular formula is C9H12ClFS. The Morgan fingerprint density at radius 2 is 2.33 bits per heavy atom. The van der Waals surface area contributed by atoms with Crippen molar-refractivity contribution in [3.63, 3.8) is 0 Å². The SMILES string of the molecule is CCCCc1c(CF)csc1Cl. The molecule has 12 heavy (non-hydrogen) atoms. The fourth-order valence-electron chi connectivity index (χ4n) is 1.12. The zero-order valence-electron chi connectivity index (χ0n) is 7.07. The summed E-state index contributed by atoms with van der Waals surface area (Å²) in [7, 11) is 0. The van der Waals surface area contributed by atoms with Gasteiger partial charge in [0.2, 0.25) is 0 Å². The quantitative estimate of drug-likeness (QED) is 0.692. The molecule has 0 aliphatic heterocycles. The van der Waals surface area contributed by atoms with Crippen LogP contribution in [0.25, 0.3) is 0 Å². The van der Waals surface area contributed by atoms with Gasteiger partial charge >= 0.3 is 0 Å². The van der Waals surface area contributed by atoms with Crippen molar-refractivity contribution in [2.45, 2.75) is 32.9 Å². The molecule has 0 aliphatic rings. The van der Waals surface area contributed by atoms with Gasteiger partial charge in [-0.25, -0.2) is 4.39 Å². The van der Waals surface area contributed by atoms with Crippen molar-refractivity contribution in [3.05, 3.63) is 20.8 Å². The molecule has 0 atom stereocenters. The van der Waals surface area contributed by atoms with Crippen LogP contribution in [0.15, 0.2) is 5.38 Å². The Hall–Kier alpha value is -0.0800. The van der Waals surface area contributed by atoms with Gasteiger partial charge in [-0.2, -0.15) is 0 Å². The van der Waals surface area contributed by atoms with Crippen molar-refractivity contribution in [2.75, 3.05) is 0 Å². The highest BCUT2D eigenvalue weighted by Crippen LogP contribution is 2.29. The monoisotopic (exact) mass is 206 g/mol. The van der Waals surface area contributed by atoms with Crippen LogP contribution in [-0.2, 0) is 13.1 Å².